The smallest absolute Gasteiger partial charge is 0.322 e. The van der Waals surface area contributed by atoms with E-state index < -0.39 is 29.5 Å². The summed E-state index contributed by atoms with van der Waals surface area (Å²) in [5.41, 5.74) is -0.296. The number of halogens is 4. The number of benzene rings is 2. The van der Waals surface area contributed by atoms with Gasteiger partial charge in [-0.25, -0.2) is 4.39 Å². The van der Waals surface area contributed by atoms with Gasteiger partial charge in [-0.15, -0.1) is 0 Å². The van der Waals surface area contributed by atoms with Crippen LogP contribution in [-0.4, -0.2) is 11.9 Å². The van der Waals surface area contributed by atoms with Crippen molar-refractivity contribution in [2.45, 2.75) is 25.7 Å². The quantitative estimate of drug-likeness (QED) is 0.809. The molecule has 0 saturated carbocycles. The number of nitrogens with one attached hydrogen (secondary N) is 2. The molecule has 0 heterocycles. The van der Waals surface area contributed by atoms with Gasteiger partial charge in [-0.1, -0.05) is 30.3 Å². The van der Waals surface area contributed by atoms with Crippen molar-refractivity contribution in [1.82, 2.24) is 5.32 Å². The normalized spacial score (nSPS) is 12.7. The highest BCUT2D eigenvalue weighted by Crippen LogP contribution is 2.29. The molecule has 1 atom stereocenters. The topological polar surface area (TPSA) is 41.1 Å². The third-order valence-electron chi connectivity index (χ3n) is 3.39. The van der Waals surface area contributed by atoms with E-state index in [-0.39, 0.29) is 12.2 Å². The van der Waals surface area contributed by atoms with Crippen LogP contribution in [0.25, 0.3) is 0 Å². The molecule has 2 N–H and O–H groups in total. The lowest BCUT2D eigenvalue weighted by atomic mass is 10.1. The summed E-state index contributed by atoms with van der Waals surface area (Å²) in [7, 11) is 0. The summed E-state index contributed by atoms with van der Waals surface area (Å²) in [6.07, 6.45) is -4.41. The third kappa shape index (κ3) is 4.79. The number of rotatable bonds is 5. The summed E-state index contributed by atoms with van der Waals surface area (Å²) in [5.74, 6) is -1.04. The van der Waals surface area contributed by atoms with Gasteiger partial charge in [-0.05, 0) is 30.7 Å². The second-order valence-corrected chi connectivity index (χ2v) is 5.27. The molecule has 0 radical (unpaired) electrons. The molecule has 0 aliphatic heterocycles. The summed E-state index contributed by atoms with van der Waals surface area (Å²) in [6.45, 7) is 1.62. The largest absolute Gasteiger partial charge is 0.416 e. The van der Waals surface area contributed by atoms with E-state index in [0.717, 1.165) is 12.1 Å². The Morgan fingerprint density at radius 3 is 2.50 bits per heavy atom. The van der Waals surface area contributed by atoms with E-state index in [9.17, 15) is 22.4 Å². The number of para-hydroxylation sites is 1. The molecule has 0 saturated heterocycles. The van der Waals surface area contributed by atoms with Crippen LogP contribution >= 0.6 is 0 Å². The molecule has 3 nitrogen and oxygen atoms in total. The Morgan fingerprint density at radius 2 is 1.83 bits per heavy atom. The number of hydrogen-bond acceptors (Lipinski definition) is 2. The van der Waals surface area contributed by atoms with Crippen molar-refractivity contribution in [2.24, 2.45) is 0 Å². The van der Waals surface area contributed by atoms with Crippen LogP contribution in [0.5, 0.6) is 0 Å². The van der Waals surface area contributed by atoms with Gasteiger partial charge in [0, 0.05) is 6.54 Å². The average Bonchev–Trinajstić information content (AvgIpc) is 2.54. The molecule has 0 bridgehead atoms. The molecule has 1 amide bonds. The highest BCUT2D eigenvalue weighted by Gasteiger charge is 2.30. The summed E-state index contributed by atoms with van der Waals surface area (Å²) in [4.78, 5) is 12.0. The Labute approximate surface area is 136 Å². The van der Waals surface area contributed by atoms with Crippen LogP contribution < -0.4 is 10.6 Å². The number of alkyl halides is 3. The highest BCUT2D eigenvalue weighted by atomic mass is 19.4. The molecule has 2 aromatic carbocycles. The highest BCUT2D eigenvalue weighted by molar-refractivity contribution is 5.94. The maximum absolute atomic E-state index is 13.5. The molecule has 24 heavy (non-hydrogen) atoms. The second kappa shape index (κ2) is 7.44. The van der Waals surface area contributed by atoms with Gasteiger partial charge in [-0.3, -0.25) is 4.79 Å². The Hall–Kier alpha value is -2.41. The van der Waals surface area contributed by atoms with Gasteiger partial charge in [0.2, 0.25) is 5.91 Å². The predicted molar refractivity (Wildman–Crippen MR) is 82.8 cm³/mol. The minimum atomic E-state index is -4.41. The summed E-state index contributed by atoms with van der Waals surface area (Å²) >= 11 is 0. The third-order valence-corrected chi connectivity index (χ3v) is 3.39. The minimum Gasteiger partial charge on any atom is -0.322 e. The maximum atomic E-state index is 13.5. The Morgan fingerprint density at radius 1 is 1.12 bits per heavy atom. The first-order valence-corrected chi connectivity index (χ1v) is 7.22. The molecule has 0 aromatic heterocycles. The fraction of sp³-hybridized carbons (Fsp3) is 0.235. The SMILES string of the molecule is CC(NCc1cccc(C(F)(F)F)c1)C(=O)Nc1ccccc1F. The van der Waals surface area contributed by atoms with Gasteiger partial charge in [-0.2, -0.15) is 13.2 Å². The van der Waals surface area contributed by atoms with Crippen molar-refractivity contribution < 1.29 is 22.4 Å². The number of carbonyl (C=O) groups is 1. The number of carbonyl (C=O) groups excluding carboxylic acids is 1. The van der Waals surface area contributed by atoms with Crippen molar-refractivity contribution >= 4 is 11.6 Å². The molecule has 1 unspecified atom stereocenters. The zero-order valence-electron chi connectivity index (χ0n) is 12.8. The van der Waals surface area contributed by atoms with E-state index in [2.05, 4.69) is 10.6 Å². The fourth-order valence-corrected chi connectivity index (χ4v) is 2.02. The Bertz CT molecular complexity index is 716. The van der Waals surface area contributed by atoms with Crippen molar-refractivity contribution in [1.29, 1.82) is 0 Å². The molecule has 0 aliphatic rings. The van der Waals surface area contributed by atoms with Crippen LogP contribution in [0.2, 0.25) is 0 Å². The Kier molecular flexibility index (Phi) is 5.56. The molecule has 0 spiro atoms. The lowest BCUT2D eigenvalue weighted by Gasteiger charge is -2.15. The van der Waals surface area contributed by atoms with Crippen molar-refractivity contribution in [2.75, 3.05) is 5.32 Å². The first-order chi connectivity index (χ1) is 11.3. The van der Waals surface area contributed by atoms with Gasteiger partial charge in [0.15, 0.2) is 0 Å². The molecule has 128 valence electrons. The predicted octanol–water partition coefficient (Wildman–Crippen LogP) is 3.96. The van der Waals surface area contributed by atoms with Crippen molar-refractivity contribution in [3.05, 3.63) is 65.5 Å². The second-order valence-electron chi connectivity index (χ2n) is 5.27. The van der Waals surface area contributed by atoms with Crippen molar-refractivity contribution in [3.63, 3.8) is 0 Å². The Balaban J connectivity index is 1.94. The van der Waals surface area contributed by atoms with Crippen LogP contribution in [0.3, 0.4) is 0 Å². The van der Waals surface area contributed by atoms with Crippen LogP contribution in [0.15, 0.2) is 48.5 Å². The van der Waals surface area contributed by atoms with E-state index in [0.29, 0.717) is 5.56 Å². The number of amides is 1. The zero-order valence-corrected chi connectivity index (χ0v) is 12.8. The van der Waals surface area contributed by atoms with Crippen LogP contribution in [-0.2, 0) is 17.5 Å². The van der Waals surface area contributed by atoms with E-state index >= 15 is 0 Å². The average molecular weight is 340 g/mol. The lowest BCUT2D eigenvalue weighted by molar-refractivity contribution is -0.137. The van der Waals surface area contributed by atoms with Crippen LogP contribution in [0, 0.1) is 5.82 Å². The molecular formula is C17H16F4N2O. The summed E-state index contributed by atoms with van der Waals surface area (Å²) < 4.78 is 51.4. The molecular weight excluding hydrogens is 324 g/mol. The van der Waals surface area contributed by atoms with Crippen molar-refractivity contribution in [3.8, 4) is 0 Å². The van der Waals surface area contributed by atoms with Gasteiger partial charge in [0.1, 0.15) is 5.82 Å². The van der Waals surface area contributed by atoms with E-state index in [1.807, 2.05) is 0 Å². The standard InChI is InChI=1S/C17H16F4N2O/c1-11(16(24)23-15-8-3-2-7-14(15)18)22-10-12-5-4-6-13(9-12)17(19,20)21/h2-9,11,22H,10H2,1H3,(H,23,24). The van der Waals surface area contributed by atoms with Gasteiger partial charge in [0.05, 0.1) is 17.3 Å². The van der Waals surface area contributed by atoms with E-state index in [4.69, 9.17) is 0 Å². The maximum Gasteiger partial charge on any atom is 0.416 e. The lowest BCUT2D eigenvalue weighted by Crippen LogP contribution is -2.37. The number of anilines is 1. The van der Waals surface area contributed by atoms with E-state index in [1.165, 1.54) is 30.3 Å². The van der Waals surface area contributed by atoms with Gasteiger partial charge < -0.3 is 10.6 Å². The van der Waals surface area contributed by atoms with Gasteiger partial charge in [0.25, 0.3) is 0 Å². The first kappa shape index (κ1) is 17.9. The van der Waals surface area contributed by atoms with E-state index in [1.54, 1.807) is 13.0 Å². The monoisotopic (exact) mass is 340 g/mol. The van der Waals surface area contributed by atoms with Crippen LogP contribution in [0.4, 0.5) is 23.2 Å². The van der Waals surface area contributed by atoms with Gasteiger partial charge >= 0.3 is 6.18 Å². The molecule has 0 aliphatic carbocycles. The summed E-state index contributed by atoms with van der Waals surface area (Å²) in [6, 6.07) is 9.86. The molecule has 2 aromatic rings. The molecule has 7 heteroatoms. The fourth-order valence-electron chi connectivity index (χ4n) is 2.02. The number of hydrogen-bond donors (Lipinski definition) is 2. The summed E-state index contributed by atoms with van der Waals surface area (Å²) in [5, 5.41) is 5.24. The molecule has 0 fully saturated rings. The van der Waals surface area contributed by atoms with Crippen LogP contribution in [0.1, 0.15) is 18.1 Å². The molecule has 2 rings (SSSR count). The first-order valence-electron chi connectivity index (χ1n) is 7.22. The minimum absolute atomic E-state index is 0.0511. The zero-order chi connectivity index (χ0) is 17.7.